The lowest BCUT2D eigenvalue weighted by atomic mass is 9.89. The molecule has 0 unspecified atom stereocenters. The first-order valence-corrected chi connectivity index (χ1v) is 28.3. The number of nitrogens with two attached hydrogens (primary N) is 1. The molecule has 8 atom stereocenters. The molecule has 28 heteroatoms. The second-order valence-corrected chi connectivity index (χ2v) is 21.9. The molecule has 0 fully saturated rings. The monoisotopic (exact) mass is 1270 g/mol. The van der Waals surface area contributed by atoms with Crippen LogP contribution in [0, 0.1) is 0 Å². The number of benzene rings is 7. The summed E-state index contributed by atoms with van der Waals surface area (Å²) in [4.78, 5) is 104. The quantitative estimate of drug-likeness (QED) is 0.0888. The van der Waals surface area contributed by atoms with E-state index in [0.717, 1.165) is 42.5 Å². The van der Waals surface area contributed by atoms with Crippen molar-refractivity contribution in [1.29, 1.82) is 0 Å². The summed E-state index contributed by atoms with van der Waals surface area (Å²) in [5, 5.41) is 93.8. The van der Waals surface area contributed by atoms with Crippen LogP contribution in [0.15, 0.2) is 115 Å². The Kier molecular flexibility index (Phi) is 16.9. The van der Waals surface area contributed by atoms with Gasteiger partial charge in [-0.3, -0.25) is 28.8 Å². The van der Waals surface area contributed by atoms with Crippen molar-refractivity contribution >= 4 is 64.6 Å². The van der Waals surface area contributed by atoms with Crippen molar-refractivity contribution in [2.45, 2.75) is 61.7 Å². The molecule has 7 aromatic carbocycles. The number of carboxylic acid groups (broad SMARTS) is 1. The first-order chi connectivity index (χ1) is 43.0. The van der Waals surface area contributed by atoms with Crippen molar-refractivity contribution < 1.29 is 93.0 Å². The highest BCUT2D eigenvalue weighted by Gasteiger charge is 2.41. The number of rotatable bonds is 6. The van der Waals surface area contributed by atoms with Crippen LogP contribution in [-0.4, -0.2) is 109 Å². The van der Waals surface area contributed by atoms with E-state index in [4.69, 9.17) is 52.6 Å². The smallest absolute Gasteiger partial charge is 0.330 e. The lowest BCUT2D eigenvalue weighted by Crippen LogP contribution is -2.55. The zero-order valence-electron chi connectivity index (χ0n) is 46.8. The molecular weight excluding hydrogens is 1220 g/mol. The lowest BCUT2D eigenvalue weighted by Gasteiger charge is -2.31. The highest BCUT2D eigenvalue weighted by Crippen LogP contribution is 2.49. The third-order valence-corrected chi connectivity index (χ3v) is 15.7. The molecule has 464 valence electrons. The fourth-order valence-electron chi connectivity index (χ4n) is 10.7. The molecule has 6 aliphatic heterocycles. The number of ether oxygens (including phenoxy) is 5. The molecule has 6 aliphatic rings. The molecule has 0 saturated carbocycles. The van der Waals surface area contributed by atoms with Crippen molar-refractivity contribution in [1.82, 2.24) is 31.9 Å². The van der Waals surface area contributed by atoms with Crippen LogP contribution in [0.3, 0.4) is 0 Å². The normalized spacial score (nSPS) is 21.4. The number of nitrogens with one attached hydrogen (secondary N) is 6. The summed E-state index contributed by atoms with van der Waals surface area (Å²) in [5.74, 6) is -13.5. The largest absolute Gasteiger partial charge is 0.508 e. The molecule has 26 nitrogen and oxygen atoms in total. The predicted octanol–water partition coefficient (Wildman–Crippen LogP) is 5.69. The summed E-state index contributed by atoms with van der Waals surface area (Å²) >= 11 is 14.0. The third-order valence-electron chi connectivity index (χ3n) is 15.1. The Balaban J connectivity index is 1.17. The van der Waals surface area contributed by atoms with E-state index in [9.17, 15) is 50.1 Å². The number of phenols is 5. The summed E-state index contributed by atoms with van der Waals surface area (Å²) in [6, 6.07) is 9.09. The summed E-state index contributed by atoms with van der Waals surface area (Å²) < 4.78 is 31.0. The maximum Gasteiger partial charge on any atom is 0.330 e. The number of hydrogen-bond donors (Lipinski definition) is 14. The van der Waals surface area contributed by atoms with Crippen LogP contribution in [0.5, 0.6) is 69.0 Å². The Morgan fingerprint density at radius 1 is 0.556 bits per heavy atom. The summed E-state index contributed by atoms with van der Waals surface area (Å²) in [5.41, 5.74) is 4.66. The van der Waals surface area contributed by atoms with Crippen LogP contribution in [0.1, 0.15) is 82.2 Å². The standard InChI is InChI=1S/C62H53Cl2N7O19/c1-2-86-11-12-87-55-45-20-30-21-46(55)90-43-10-6-28(18-37(43)64)54(77)53-61(83)70-52(62(84)85)35-23-32(73)24-41(76)47(35)34-17-27(5-7-39(34)74)49(58(80)71-53)68-60(82)51(30)69-59(81)50-29-15-31(72)22-33(16-29)88-44-19-26(4-8-40(44)75)48(65)57(79)66-38(56(78)67-50)14-25-3-9-42(89-45)36(63)13-25/h3-10,13,15-24,38,48-54,72-77H,2,11-12,14,65H2,1H3,(H,66,79)(H,67,78)(H,68,82)(H,69,81)(H,70,83)(H,71,80)(H,84,85)/t38-,48+,49-,50+,51-,52-,53+,54-/m1/s1. The molecule has 6 heterocycles. The molecule has 0 aromatic heterocycles. The molecule has 90 heavy (non-hydrogen) atoms. The van der Waals surface area contributed by atoms with Gasteiger partial charge in [-0.2, -0.15) is 0 Å². The highest BCUT2D eigenvalue weighted by molar-refractivity contribution is 6.32. The van der Waals surface area contributed by atoms with Gasteiger partial charge < -0.3 is 97.1 Å². The molecule has 13 rings (SSSR count). The number of aromatic hydroxyl groups is 5. The van der Waals surface area contributed by atoms with Crippen LogP contribution in [-0.2, 0) is 44.7 Å². The Morgan fingerprint density at radius 3 is 1.83 bits per heavy atom. The van der Waals surface area contributed by atoms with Crippen molar-refractivity contribution in [2.75, 3.05) is 19.8 Å². The molecule has 0 radical (unpaired) electrons. The van der Waals surface area contributed by atoms with E-state index < -0.39 is 135 Å². The van der Waals surface area contributed by atoms with Crippen molar-refractivity contribution in [2.24, 2.45) is 5.73 Å². The number of carboxylic acids is 1. The van der Waals surface area contributed by atoms with Crippen molar-refractivity contribution in [3.8, 4) is 80.1 Å². The van der Waals surface area contributed by atoms with Gasteiger partial charge in [0, 0.05) is 41.9 Å². The minimum absolute atomic E-state index is 0.00362. The van der Waals surface area contributed by atoms with E-state index in [1.807, 2.05) is 0 Å². The maximum absolute atomic E-state index is 15.9. The summed E-state index contributed by atoms with van der Waals surface area (Å²) in [6.45, 7) is 1.86. The van der Waals surface area contributed by atoms with Gasteiger partial charge in [-0.05, 0) is 119 Å². The number of halogens is 2. The fraction of sp³-hybridized carbons (Fsp3) is 0.210. The topological polar surface area (TPSA) is 405 Å². The van der Waals surface area contributed by atoms with Crippen molar-refractivity contribution in [3.63, 3.8) is 0 Å². The molecule has 15 N–H and O–H groups in total. The summed E-state index contributed by atoms with van der Waals surface area (Å²) in [7, 11) is 0. The Labute approximate surface area is 519 Å². The minimum Gasteiger partial charge on any atom is -0.508 e. The van der Waals surface area contributed by atoms with E-state index in [-0.39, 0.29) is 104 Å². The van der Waals surface area contributed by atoms with Gasteiger partial charge in [-0.15, -0.1) is 0 Å². The second kappa shape index (κ2) is 24.9. The zero-order valence-corrected chi connectivity index (χ0v) is 48.3. The number of amides is 6. The Bertz CT molecular complexity index is 4130. The number of fused-ring (bicyclic) bond motifs is 14. The third kappa shape index (κ3) is 12.4. The van der Waals surface area contributed by atoms with E-state index in [1.54, 1.807) is 6.92 Å². The molecule has 0 spiro atoms. The molecule has 0 aliphatic carbocycles. The Hall–Kier alpha value is -10.5. The van der Waals surface area contributed by atoms with E-state index >= 15 is 19.2 Å². The predicted molar refractivity (Wildman–Crippen MR) is 315 cm³/mol. The van der Waals surface area contributed by atoms with Gasteiger partial charge in [0.1, 0.15) is 89.2 Å². The van der Waals surface area contributed by atoms with Crippen LogP contribution in [0.4, 0.5) is 0 Å². The summed E-state index contributed by atoms with van der Waals surface area (Å²) in [6.07, 6.45) is -2.45. The number of phenolic OH excluding ortho intramolecular Hbond substituents is 5. The van der Waals surface area contributed by atoms with Gasteiger partial charge in [-0.1, -0.05) is 47.5 Å². The highest BCUT2D eigenvalue weighted by atomic mass is 35.5. The first kappa shape index (κ1) is 61.1. The SMILES string of the molecule is CCOCCOc1c2cc3cc1Oc1ccc(cc1Cl)[C@@H](O)[C@@H]1NC(=O)[C@H](NC(=O)[C@@H]3NC(=O)[C@H]3NC(=O)[C@@H](Cc4ccc(c(Cl)c4)O2)NC(=O)[C@@H](N)c2ccc(O)c(c2)Oc2cc(O)cc3c2)c2ccc(O)c(c2)-c2c(O)cc(O)cc2[C@H](C(=O)O)NC1=O. The van der Waals surface area contributed by atoms with E-state index in [1.165, 1.54) is 72.8 Å². The van der Waals surface area contributed by atoms with E-state index in [2.05, 4.69) is 31.9 Å². The van der Waals surface area contributed by atoms with Crippen LogP contribution >= 0.6 is 23.2 Å². The van der Waals surface area contributed by atoms with Gasteiger partial charge in [0.15, 0.2) is 29.0 Å². The van der Waals surface area contributed by atoms with Gasteiger partial charge in [-0.25, -0.2) is 4.79 Å². The number of carbonyl (C=O) groups excluding carboxylic acids is 6. The minimum atomic E-state index is -2.19. The first-order valence-electron chi connectivity index (χ1n) is 27.6. The number of aliphatic carboxylic acids is 1. The molecule has 7 aromatic rings. The second-order valence-electron chi connectivity index (χ2n) is 21.1. The zero-order chi connectivity index (χ0) is 64.0. The molecule has 6 amide bonds. The average molecular weight is 1270 g/mol. The Morgan fingerprint density at radius 2 is 1.16 bits per heavy atom. The fourth-order valence-corrected chi connectivity index (χ4v) is 11.2. The van der Waals surface area contributed by atoms with Crippen LogP contribution < -0.4 is 56.6 Å². The van der Waals surface area contributed by atoms with Gasteiger partial charge in [0.2, 0.25) is 41.2 Å². The number of aliphatic hydroxyl groups is 1. The van der Waals surface area contributed by atoms with Crippen LogP contribution in [0.2, 0.25) is 10.0 Å². The van der Waals surface area contributed by atoms with Gasteiger partial charge in [0.25, 0.3) is 0 Å². The molecule has 17 bridgehead atoms. The number of aliphatic hydroxyl groups excluding tert-OH is 1. The number of hydrogen-bond acceptors (Lipinski definition) is 19. The van der Waals surface area contributed by atoms with Gasteiger partial charge in [0.05, 0.1) is 16.7 Å². The number of carbonyl (C=O) groups is 7. The maximum atomic E-state index is 15.9. The van der Waals surface area contributed by atoms with Crippen LogP contribution in [0.25, 0.3) is 11.1 Å². The molecule has 0 saturated heterocycles. The van der Waals surface area contributed by atoms with Crippen molar-refractivity contribution in [3.05, 3.63) is 164 Å². The molecular formula is C62H53Cl2N7O19. The van der Waals surface area contributed by atoms with E-state index in [0.29, 0.717) is 5.56 Å². The average Bonchev–Trinajstić information content (AvgIpc) is 1.07. The van der Waals surface area contributed by atoms with Gasteiger partial charge >= 0.3 is 5.97 Å². The lowest BCUT2D eigenvalue weighted by molar-refractivity contribution is -0.143.